The molecule has 2 saturated heterocycles. The first-order valence-corrected chi connectivity index (χ1v) is 27.6. The molecule has 0 spiro atoms. The van der Waals surface area contributed by atoms with Crippen LogP contribution in [0.3, 0.4) is 0 Å². The number of nitrogens with zero attached hydrogens (tertiary/aromatic N) is 4. The topological polar surface area (TPSA) is 271 Å². The number of fused-ring (bicyclic) bond motifs is 5. The summed E-state index contributed by atoms with van der Waals surface area (Å²) in [4.78, 5) is 110. The molecule has 2 fully saturated rings. The maximum absolute atomic E-state index is 14.4. The van der Waals surface area contributed by atoms with Crippen LogP contribution in [0.2, 0.25) is 5.02 Å². The van der Waals surface area contributed by atoms with Crippen molar-refractivity contribution in [3.63, 3.8) is 0 Å². The van der Waals surface area contributed by atoms with Gasteiger partial charge in [0.2, 0.25) is 11.8 Å². The number of aliphatic hydroxyl groups is 1. The third kappa shape index (κ3) is 16.5. The minimum Gasteiger partial charge on any atom is -0.495 e. The third-order valence-corrected chi connectivity index (χ3v) is 15.7. The molecule has 0 radical (unpaired) electrons. The number of epoxide rings is 1. The first-order valence-electron chi connectivity index (χ1n) is 27.3. The Bertz CT molecular complexity index is 2770. The Kier molecular flexibility index (Phi) is 22.4. The molecule has 9 atom stereocenters. The number of carbonyl (C=O) groups excluding carboxylic acids is 8. The lowest BCUT2D eigenvalue weighted by Gasteiger charge is -2.42. The van der Waals surface area contributed by atoms with Gasteiger partial charge in [-0.25, -0.2) is 24.0 Å². The van der Waals surface area contributed by atoms with E-state index < -0.39 is 96.3 Å². The van der Waals surface area contributed by atoms with E-state index in [1.807, 2.05) is 25.2 Å². The number of hydrogen-bond donors (Lipinski definition) is 3. The van der Waals surface area contributed by atoms with Crippen LogP contribution in [0.4, 0.5) is 24.9 Å². The fraction of sp³-hybridized carbons (Fsp3) is 0.552. The van der Waals surface area contributed by atoms with Crippen molar-refractivity contribution in [1.82, 2.24) is 25.3 Å². The molecular weight excluding hydrogens is 1090 g/mol. The lowest BCUT2D eigenvalue weighted by atomic mass is 9.83. The summed E-state index contributed by atoms with van der Waals surface area (Å²) in [5.74, 6) is -2.23. The number of alkyl carbamates (subject to hydrolysis) is 1. The van der Waals surface area contributed by atoms with Gasteiger partial charge >= 0.3 is 30.3 Å². The minimum absolute atomic E-state index is 0.0188. The average molecular weight is 1170 g/mol. The third-order valence-electron chi connectivity index (χ3n) is 15.3. The summed E-state index contributed by atoms with van der Waals surface area (Å²) >= 11 is 6.81. The van der Waals surface area contributed by atoms with Crippen molar-refractivity contribution in [3.8, 4) is 11.5 Å². The van der Waals surface area contributed by atoms with Gasteiger partial charge in [0.25, 0.3) is 0 Å². The van der Waals surface area contributed by atoms with Gasteiger partial charge in [-0.15, -0.1) is 0 Å². The summed E-state index contributed by atoms with van der Waals surface area (Å²) in [5.41, 5.74) is -0.727. The summed E-state index contributed by atoms with van der Waals surface area (Å²) in [5, 5.41) is 17.3. The molecule has 448 valence electrons. The number of methoxy groups -OCH3 is 2. The van der Waals surface area contributed by atoms with Gasteiger partial charge in [0.1, 0.15) is 59.7 Å². The predicted molar refractivity (Wildman–Crippen MR) is 299 cm³/mol. The van der Waals surface area contributed by atoms with Crippen LogP contribution in [0.15, 0.2) is 66.3 Å². The number of ether oxygens (including phenoxy) is 8. The first-order chi connectivity index (χ1) is 38.9. The smallest absolute Gasteiger partial charge is 0.413 e. The normalized spacial score (nSPS) is 26.4. The predicted octanol–water partition coefficient (Wildman–Crippen LogP) is 7.03. The molecule has 1 aliphatic carbocycles. The van der Waals surface area contributed by atoms with Gasteiger partial charge in [0, 0.05) is 60.7 Å². The molecule has 6 rings (SSSR count). The van der Waals surface area contributed by atoms with Crippen LogP contribution in [0.1, 0.15) is 101 Å². The van der Waals surface area contributed by atoms with Crippen molar-refractivity contribution in [2.45, 2.75) is 140 Å². The maximum atomic E-state index is 14.4. The van der Waals surface area contributed by atoms with E-state index in [1.54, 1.807) is 44.2 Å². The van der Waals surface area contributed by atoms with Crippen molar-refractivity contribution >= 4 is 65.7 Å². The van der Waals surface area contributed by atoms with E-state index >= 15 is 0 Å². The Morgan fingerprint density at radius 1 is 1.00 bits per heavy atom. The number of amides is 6. The second-order valence-electron chi connectivity index (χ2n) is 21.4. The highest BCUT2D eigenvalue weighted by Crippen LogP contribution is 2.49. The Labute approximate surface area is 483 Å². The van der Waals surface area contributed by atoms with Crippen LogP contribution in [-0.2, 0) is 55.8 Å². The second kappa shape index (κ2) is 28.7. The number of nitrogens with one attached hydrogen (secondary N) is 2. The summed E-state index contributed by atoms with van der Waals surface area (Å²) in [7, 11) is 8.67. The molecule has 6 amide bonds. The Balaban J connectivity index is 1.03. The van der Waals surface area contributed by atoms with Gasteiger partial charge in [0.15, 0.2) is 12.0 Å². The van der Waals surface area contributed by atoms with Gasteiger partial charge in [0.05, 0.1) is 43.3 Å². The van der Waals surface area contributed by atoms with Crippen LogP contribution in [0.25, 0.3) is 0 Å². The van der Waals surface area contributed by atoms with Crippen molar-refractivity contribution < 1.29 is 81.4 Å². The van der Waals surface area contributed by atoms with E-state index in [0.29, 0.717) is 29.7 Å². The number of carbonyl (C=O) groups is 8. The zero-order valence-electron chi connectivity index (χ0n) is 48.2. The zero-order chi connectivity index (χ0) is 60.1. The molecule has 4 bridgehead atoms. The number of hydrogen-bond acceptors (Lipinski definition) is 17. The lowest BCUT2D eigenvalue weighted by Crippen LogP contribution is -2.63. The van der Waals surface area contributed by atoms with Crippen LogP contribution in [0.5, 0.6) is 11.5 Å². The summed E-state index contributed by atoms with van der Waals surface area (Å²) < 4.78 is 45.6. The van der Waals surface area contributed by atoms with Crippen LogP contribution < -0.4 is 25.0 Å². The van der Waals surface area contributed by atoms with Crippen LogP contribution in [0, 0.1) is 5.92 Å². The quantitative estimate of drug-likeness (QED) is 0.0500. The number of allylic oxidation sites excluding steroid dienone is 4. The molecule has 3 heterocycles. The van der Waals surface area contributed by atoms with E-state index in [9.17, 15) is 43.5 Å². The molecule has 24 heteroatoms. The number of benzene rings is 2. The molecule has 2 aromatic carbocycles. The van der Waals surface area contributed by atoms with Crippen molar-refractivity contribution in [1.29, 1.82) is 0 Å². The molecule has 3 aliphatic heterocycles. The number of esters is 1. The van der Waals surface area contributed by atoms with Crippen LogP contribution >= 0.6 is 11.6 Å². The van der Waals surface area contributed by atoms with Gasteiger partial charge in [-0.05, 0) is 81.8 Å². The van der Waals surface area contributed by atoms with Crippen molar-refractivity contribution in [3.05, 3.63) is 88.0 Å². The maximum Gasteiger partial charge on any atom is 0.413 e. The molecule has 1 unspecified atom stereocenters. The second-order valence-corrected chi connectivity index (χ2v) is 21.7. The van der Waals surface area contributed by atoms with Crippen LogP contribution in [-0.4, -0.2) is 178 Å². The number of halogens is 1. The van der Waals surface area contributed by atoms with Crippen molar-refractivity contribution in [2.24, 2.45) is 5.92 Å². The molecule has 23 nitrogen and oxygen atoms in total. The largest absolute Gasteiger partial charge is 0.495 e. The van der Waals surface area contributed by atoms with E-state index in [1.165, 1.54) is 76.2 Å². The molecule has 3 N–H and O–H groups in total. The SMILES string of the molecule is COc1cc2cc(c1Cl)N(C)C(=O)C[C@H](OC(=O)[C@H](C)N(C)C(=O)CCOC(=O)N(C)CCN(C)C(=O)OCc1ccc(OC(=O)NC3/C=C/CCCCC3)c(C=O)c1)[C@]1(C)O[C@H]1[C@H](C)[C@@H]1C[C@@](O)(NC(=O)O1)[C@H](OC)/C=C/C=C(\C)C2. The highest BCUT2D eigenvalue weighted by atomic mass is 35.5. The highest BCUT2D eigenvalue weighted by Gasteiger charge is 2.64. The summed E-state index contributed by atoms with van der Waals surface area (Å²) in [6, 6.07) is 6.58. The first kappa shape index (κ1) is 64.0. The Morgan fingerprint density at radius 3 is 2.41 bits per heavy atom. The van der Waals surface area contributed by atoms with E-state index in [0.717, 1.165) is 48.1 Å². The number of likely N-dealkylation sites (N-methyl/N-ethyl adjacent to an activating group) is 3. The standard InChI is InChI=1S/C58H77ClN6O17/c1-35-17-16-20-46(76-10)58(74)32-45(80-54(71)61-58)36(2)51-57(4,82-51)47(31-49(68)65(8)42-29-39(27-35)30-44(75-9)50(42)59)81-52(69)37(3)64(7)48(67)23-26-77-55(72)62(5)24-25-63(6)56(73)78-34-38-21-22-43(40(28-38)33-66)79-53(70)60-41-18-14-12-11-13-15-19-41/h14,16-18,20-22,28-30,33,36-37,41,45-47,51,74H,11-13,15,19,23-27,31-32,34H2,1-10H3,(H,60,70)(H,61,71)/b18-14+,20-16+,35-17+/t36-,37+,41?,45+,46-,47+,51+,57+,58+/m1/s1. The summed E-state index contributed by atoms with van der Waals surface area (Å²) in [6.45, 7) is 6.22. The summed E-state index contributed by atoms with van der Waals surface area (Å²) in [6.07, 6.45) is 7.03. The molecule has 0 aromatic heterocycles. The molecule has 4 aliphatic rings. The van der Waals surface area contributed by atoms with Gasteiger partial charge in [-0.1, -0.05) is 73.4 Å². The zero-order valence-corrected chi connectivity index (χ0v) is 49.0. The van der Waals surface area contributed by atoms with Crippen molar-refractivity contribution in [2.75, 3.05) is 67.0 Å². The number of rotatable bonds is 16. The van der Waals surface area contributed by atoms with Gasteiger partial charge < -0.3 is 67.9 Å². The molecule has 2 aromatic rings. The Morgan fingerprint density at radius 2 is 1.72 bits per heavy atom. The van der Waals surface area contributed by atoms with E-state index in [2.05, 4.69) is 10.6 Å². The fourth-order valence-electron chi connectivity index (χ4n) is 9.90. The average Bonchev–Trinajstić information content (AvgIpc) is 3.84. The minimum atomic E-state index is -1.90. The van der Waals surface area contributed by atoms with E-state index in [-0.39, 0.29) is 61.5 Å². The lowest BCUT2D eigenvalue weighted by molar-refractivity contribution is -0.162. The molecular formula is C58H77ClN6O17. The van der Waals surface area contributed by atoms with Gasteiger partial charge in [-0.2, -0.15) is 0 Å². The molecule has 0 saturated carbocycles. The van der Waals surface area contributed by atoms with Gasteiger partial charge in [-0.3, -0.25) is 19.7 Å². The highest BCUT2D eigenvalue weighted by molar-refractivity contribution is 6.35. The number of aldehydes is 1. The number of anilines is 1. The fourth-order valence-corrected chi connectivity index (χ4v) is 10.2. The van der Waals surface area contributed by atoms with E-state index in [4.69, 9.17) is 49.5 Å². The molecule has 82 heavy (non-hydrogen) atoms. The Hall–Kier alpha value is -7.21. The monoisotopic (exact) mass is 1160 g/mol.